The minimum Gasteiger partial charge on any atom is -0.493 e. The van der Waals surface area contributed by atoms with Crippen molar-refractivity contribution >= 4 is 17.3 Å². The molecule has 0 aromatic heterocycles. The van der Waals surface area contributed by atoms with Crippen molar-refractivity contribution in [2.45, 2.75) is 12.8 Å². The first kappa shape index (κ1) is 17.0. The van der Waals surface area contributed by atoms with E-state index in [-0.39, 0.29) is 5.91 Å². The zero-order valence-corrected chi connectivity index (χ0v) is 14.6. The summed E-state index contributed by atoms with van der Waals surface area (Å²) < 4.78 is 16.0. The summed E-state index contributed by atoms with van der Waals surface area (Å²) in [6.45, 7) is 0.988. The van der Waals surface area contributed by atoms with Crippen LogP contribution in [0.1, 0.15) is 22.3 Å². The van der Waals surface area contributed by atoms with Gasteiger partial charge in [0, 0.05) is 17.9 Å². The molecular weight excluding hydrogens is 320 g/mol. The monoisotopic (exact) mass is 342 g/mol. The fraction of sp³-hybridized carbons (Fsp3) is 0.316. The highest BCUT2D eigenvalue weighted by molar-refractivity contribution is 6.07. The molecule has 1 heterocycles. The Balaban J connectivity index is 1.88. The number of carbonyl (C=O) groups is 1. The van der Waals surface area contributed by atoms with Gasteiger partial charge in [0.1, 0.15) is 0 Å². The summed E-state index contributed by atoms with van der Waals surface area (Å²) in [6, 6.07) is 9.24. The second-order valence-corrected chi connectivity index (χ2v) is 5.74. The molecule has 0 bridgehead atoms. The van der Waals surface area contributed by atoms with Gasteiger partial charge in [-0.2, -0.15) is 0 Å². The van der Waals surface area contributed by atoms with Gasteiger partial charge in [0.2, 0.25) is 5.75 Å². The number of benzene rings is 2. The van der Waals surface area contributed by atoms with Crippen molar-refractivity contribution in [3.63, 3.8) is 0 Å². The Morgan fingerprint density at radius 3 is 2.56 bits per heavy atom. The Hall–Kier alpha value is -2.89. The predicted molar refractivity (Wildman–Crippen MR) is 97.3 cm³/mol. The van der Waals surface area contributed by atoms with E-state index in [1.165, 1.54) is 26.9 Å². The molecule has 25 heavy (non-hydrogen) atoms. The van der Waals surface area contributed by atoms with Gasteiger partial charge in [-0.15, -0.1) is 0 Å². The van der Waals surface area contributed by atoms with Gasteiger partial charge in [-0.3, -0.25) is 4.79 Å². The number of nitrogens with one attached hydrogen (secondary N) is 2. The van der Waals surface area contributed by atoms with Crippen LogP contribution in [0.25, 0.3) is 0 Å². The number of hydrogen-bond acceptors (Lipinski definition) is 5. The smallest absolute Gasteiger partial charge is 0.259 e. The fourth-order valence-electron chi connectivity index (χ4n) is 3.03. The third kappa shape index (κ3) is 3.33. The van der Waals surface area contributed by atoms with E-state index in [1.807, 2.05) is 18.2 Å². The summed E-state index contributed by atoms with van der Waals surface area (Å²) in [5.74, 6) is 0.989. The number of amides is 1. The van der Waals surface area contributed by atoms with E-state index in [4.69, 9.17) is 14.2 Å². The van der Waals surface area contributed by atoms with E-state index in [9.17, 15) is 4.79 Å². The summed E-state index contributed by atoms with van der Waals surface area (Å²) in [7, 11) is 4.55. The molecule has 1 aliphatic rings. The minimum absolute atomic E-state index is 0.262. The van der Waals surface area contributed by atoms with Crippen LogP contribution in [0.4, 0.5) is 11.4 Å². The lowest BCUT2D eigenvalue weighted by Gasteiger charge is -2.19. The molecule has 2 N–H and O–H groups in total. The Labute approximate surface area is 147 Å². The Morgan fingerprint density at radius 2 is 1.84 bits per heavy atom. The summed E-state index contributed by atoms with van der Waals surface area (Å²) in [6.07, 6.45) is 2.10. The molecule has 0 saturated heterocycles. The molecule has 6 heteroatoms. The standard InChI is InChI=1S/C19H22N2O4/c1-23-16-9-7-14(17(24-2)18(16)25-3)19(22)21-13-6-8-15-12(11-13)5-4-10-20-15/h6-9,11,20H,4-5,10H2,1-3H3,(H,21,22). The summed E-state index contributed by atoms with van der Waals surface area (Å²) in [5, 5.41) is 6.29. The molecule has 132 valence electrons. The minimum atomic E-state index is -0.262. The van der Waals surface area contributed by atoms with Crippen molar-refractivity contribution in [1.82, 2.24) is 0 Å². The molecule has 2 aromatic carbocycles. The first-order valence-electron chi connectivity index (χ1n) is 8.15. The van der Waals surface area contributed by atoms with E-state index in [1.54, 1.807) is 12.1 Å². The molecule has 0 unspecified atom stereocenters. The van der Waals surface area contributed by atoms with Crippen LogP contribution in [-0.4, -0.2) is 33.8 Å². The van der Waals surface area contributed by atoms with E-state index >= 15 is 0 Å². The predicted octanol–water partition coefficient (Wildman–Crippen LogP) is 3.32. The third-order valence-corrected chi connectivity index (χ3v) is 4.25. The van der Waals surface area contributed by atoms with E-state index in [0.29, 0.717) is 22.8 Å². The van der Waals surface area contributed by atoms with Gasteiger partial charge in [0.15, 0.2) is 11.5 Å². The van der Waals surface area contributed by atoms with Crippen LogP contribution in [0.3, 0.4) is 0 Å². The molecule has 6 nitrogen and oxygen atoms in total. The van der Waals surface area contributed by atoms with Crippen molar-refractivity contribution < 1.29 is 19.0 Å². The number of fused-ring (bicyclic) bond motifs is 1. The molecule has 0 saturated carbocycles. The SMILES string of the molecule is COc1ccc(C(=O)Nc2ccc3c(c2)CCCN3)c(OC)c1OC. The maximum atomic E-state index is 12.7. The van der Waals surface area contributed by atoms with Gasteiger partial charge >= 0.3 is 0 Å². The van der Waals surface area contributed by atoms with Crippen LogP contribution in [0.5, 0.6) is 17.2 Å². The van der Waals surface area contributed by atoms with Gasteiger partial charge in [-0.25, -0.2) is 0 Å². The summed E-state index contributed by atoms with van der Waals surface area (Å²) >= 11 is 0. The van der Waals surface area contributed by atoms with Crippen LogP contribution < -0.4 is 24.8 Å². The largest absolute Gasteiger partial charge is 0.493 e. The molecule has 0 atom stereocenters. The molecule has 2 aromatic rings. The highest BCUT2D eigenvalue weighted by Gasteiger charge is 2.21. The van der Waals surface area contributed by atoms with Crippen molar-refractivity contribution in [3.05, 3.63) is 41.5 Å². The Bertz CT molecular complexity index is 789. The first-order valence-corrected chi connectivity index (χ1v) is 8.15. The quantitative estimate of drug-likeness (QED) is 0.872. The average Bonchev–Trinajstić information content (AvgIpc) is 2.66. The van der Waals surface area contributed by atoms with Crippen molar-refractivity contribution in [1.29, 1.82) is 0 Å². The number of methoxy groups -OCH3 is 3. The lowest BCUT2D eigenvalue weighted by molar-refractivity contribution is 0.102. The first-order chi connectivity index (χ1) is 12.2. The van der Waals surface area contributed by atoms with E-state index in [0.717, 1.165) is 30.8 Å². The van der Waals surface area contributed by atoms with Crippen LogP contribution in [0.15, 0.2) is 30.3 Å². The highest BCUT2D eigenvalue weighted by atomic mass is 16.5. The molecule has 0 fully saturated rings. The van der Waals surface area contributed by atoms with Gasteiger partial charge in [0.05, 0.1) is 26.9 Å². The normalized spacial score (nSPS) is 12.6. The van der Waals surface area contributed by atoms with Crippen molar-refractivity contribution in [2.75, 3.05) is 38.5 Å². The van der Waals surface area contributed by atoms with Gasteiger partial charge in [0.25, 0.3) is 5.91 Å². The van der Waals surface area contributed by atoms with E-state index < -0.39 is 0 Å². The molecule has 1 aliphatic heterocycles. The Kier molecular flexibility index (Phi) is 4.97. The van der Waals surface area contributed by atoms with Crippen molar-refractivity contribution in [3.8, 4) is 17.2 Å². The number of rotatable bonds is 5. The topological polar surface area (TPSA) is 68.8 Å². The number of aryl methyl sites for hydroxylation is 1. The van der Waals surface area contributed by atoms with Crippen LogP contribution >= 0.6 is 0 Å². The van der Waals surface area contributed by atoms with Gasteiger partial charge < -0.3 is 24.8 Å². The molecule has 1 amide bonds. The van der Waals surface area contributed by atoms with Crippen LogP contribution in [-0.2, 0) is 6.42 Å². The molecule has 0 spiro atoms. The summed E-state index contributed by atoms with van der Waals surface area (Å²) in [5.41, 5.74) is 3.48. The average molecular weight is 342 g/mol. The summed E-state index contributed by atoms with van der Waals surface area (Å²) in [4.78, 5) is 12.7. The zero-order chi connectivity index (χ0) is 17.8. The van der Waals surface area contributed by atoms with Gasteiger partial charge in [-0.1, -0.05) is 0 Å². The number of hydrogen-bond donors (Lipinski definition) is 2. The van der Waals surface area contributed by atoms with Crippen LogP contribution in [0.2, 0.25) is 0 Å². The maximum absolute atomic E-state index is 12.7. The number of ether oxygens (including phenoxy) is 3. The second-order valence-electron chi connectivity index (χ2n) is 5.74. The molecular formula is C19H22N2O4. The maximum Gasteiger partial charge on any atom is 0.259 e. The Morgan fingerprint density at radius 1 is 1.04 bits per heavy atom. The molecule has 0 aliphatic carbocycles. The van der Waals surface area contributed by atoms with Crippen LogP contribution in [0, 0.1) is 0 Å². The second kappa shape index (κ2) is 7.34. The third-order valence-electron chi connectivity index (χ3n) is 4.25. The zero-order valence-electron chi connectivity index (χ0n) is 14.6. The molecule has 3 rings (SSSR count). The fourth-order valence-corrected chi connectivity index (χ4v) is 3.03. The number of carbonyl (C=O) groups excluding carboxylic acids is 1. The van der Waals surface area contributed by atoms with Gasteiger partial charge in [-0.05, 0) is 48.7 Å². The number of anilines is 2. The lowest BCUT2D eigenvalue weighted by atomic mass is 10.0. The molecule has 0 radical (unpaired) electrons. The van der Waals surface area contributed by atoms with Crippen molar-refractivity contribution in [2.24, 2.45) is 0 Å². The van der Waals surface area contributed by atoms with E-state index in [2.05, 4.69) is 10.6 Å². The highest BCUT2D eigenvalue weighted by Crippen LogP contribution is 2.40. The lowest BCUT2D eigenvalue weighted by Crippen LogP contribution is -2.15.